The highest BCUT2D eigenvalue weighted by Crippen LogP contribution is 2.35. The van der Waals surface area contributed by atoms with E-state index in [0.29, 0.717) is 16.3 Å². The van der Waals surface area contributed by atoms with Crippen LogP contribution in [0.15, 0.2) is 77.9 Å². The number of amides is 2. The third-order valence-corrected chi connectivity index (χ3v) is 6.58. The summed E-state index contributed by atoms with van der Waals surface area (Å²) in [5, 5.41) is 6.03. The van der Waals surface area contributed by atoms with Crippen LogP contribution in [-0.2, 0) is 15.7 Å². The summed E-state index contributed by atoms with van der Waals surface area (Å²) >= 11 is 6.35. The van der Waals surface area contributed by atoms with Crippen LogP contribution in [0, 0.1) is 5.82 Å². The largest absolute Gasteiger partial charge is 0.416 e. The van der Waals surface area contributed by atoms with Crippen LogP contribution < -0.4 is 0 Å². The third kappa shape index (κ3) is 6.46. The van der Waals surface area contributed by atoms with Gasteiger partial charge >= 0.3 is 6.18 Å². The summed E-state index contributed by atoms with van der Waals surface area (Å²) < 4.78 is 58.8. The Morgan fingerprint density at radius 1 is 1.05 bits per heavy atom. The van der Waals surface area contributed by atoms with E-state index in [0.717, 1.165) is 34.2 Å². The van der Waals surface area contributed by atoms with Crippen molar-refractivity contribution in [2.24, 2.45) is 5.10 Å². The van der Waals surface area contributed by atoms with Gasteiger partial charge in [-0.2, -0.15) is 18.3 Å². The van der Waals surface area contributed by atoms with E-state index in [1.807, 2.05) is 0 Å². The molecule has 39 heavy (non-hydrogen) atoms. The molecular weight excluding hydrogens is 538 g/mol. The fourth-order valence-electron chi connectivity index (χ4n) is 4.26. The molecule has 2 amide bonds. The molecular formula is C28H24ClF4N3O3. The van der Waals surface area contributed by atoms with Gasteiger partial charge in [-0.15, -0.1) is 0 Å². The maximum Gasteiger partial charge on any atom is 0.416 e. The average molecular weight is 562 g/mol. The van der Waals surface area contributed by atoms with Crippen molar-refractivity contribution in [3.05, 3.63) is 106 Å². The molecule has 0 radical (unpaired) electrons. The zero-order valence-corrected chi connectivity index (χ0v) is 21.5. The van der Waals surface area contributed by atoms with Gasteiger partial charge in [0.1, 0.15) is 12.4 Å². The van der Waals surface area contributed by atoms with Gasteiger partial charge in [-0.1, -0.05) is 48.0 Å². The zero-order valence-electron chi connectivity index (χ0n) is 20.8. The topological polar surface area (TPSA) is 62.2 Å². The molecule has 0 aliphatic carbocycles. The first-order chi connectivity index (χ1) is 18.6. The molecule has 0 bridgehead atoms. The van der Waals surface area contributed by atoms with Crippen LogP contribution in [0.5, 0.6) is 0 Å². The number of hydrogen-bond donors (Lipinski definition) is 0. The van der Waals surface area contributed by atoms with Gasteiger partial charge in [0.15, 0.2) is 0 Å². The van der Waals surface area contributed by atoms with E-state index in [4.69, 9.17) is 16.3 Å². The molecule has 11 heteroatoms. The second kappa shape index (κ2) is 12.0. The number of ether oxygens (including phenoxy) is 1. The Labute approximate surface area is 227 Å². The van der Waals surface area contributed by atoms with Crippen molar-refractivity contribution < 1.29 is 31.9 Å². The lowest BCUT2D eigenvalue weighted by Gasteiger charge is -2.27. The van der Waals surface area contributed by atoms with Crippen molar-refractivity contribution >= 4 is 29.1 Å². The number of rotatable bonds is 8. The van der Waals surface area contributed by atoms with Crippen LogP contribution in [0.4, 0.5) is 17.6 Å². The molecule has 0 N–H and O–H groups in total. The van der Waals surface area contributed by atoms with Crippen LogP contribution in [-0.4, -0.2) is 54.2 Å². The second-order valence-electron chi connectivity index (χ2n) is 8.80. The molecule has 0 saturated heterocycles. The number of carbonyl (C=O) groups is 2. The highest BCUT2D eigenvalue weighted by molar-refractivity contribution is 6.34. The number of halogens is 5. The van der Waals surface area contributed by atoms with Crippen LogP contribution in [0.3, 0.4) is 0 Å². The van der Waals surface area contributed by atoms with Gasteiger partial charge in [-0.05, 0) is 36.4 Å². The van der Waals surface area contributed by atoms with Crippen molar-refractivity contribution in [3.8, 4) is 0 Å². The number of benzene rings is 3. The molecule has 3 aromatic rings. The van der Waals surface area contributed by atoms with Crippen molar-refractivity contribution in [1.82, 2.24) is 9.91 Å². The molecule has 0 spiro atoms. The van der Waals surface area contributed by atoms with E-state index in [9.17, 15) is 27.2 Å². The summed E-state index contributed by atoms with van der Waals surface area (Å²) in [6, 6.07) is 15.9. The Bertz CT molecular complexity index is 1380. The quantitative estimate of drug-likeness (QED) is 0.319. The maximum atomic E-state index is 14.8. The first-order valence-electron chi connectivity index (χ1n) is 11.9. The number of methoxy groups -OCH3 is 1. The normalized spacial score (nSPS) is 15.3. The predicted octanol–water partition coefficient (Wildman–Crippen LogP) is 5.96. The highest BCUT2D eigenvalue weighted by Gasteiger charge is 2.36. The Morgan fingerprint density at radius 2 is 1.72 bits per heavy atom. The molecule has 0 fully saturated rings. The minimum atomic E-state index is -4.55. The summed E-state index contributed by atoms with van der Waals surface area (Å²) in [7, 11) is 1.41. The maximum absolute atomic E-state index is 14.8. The molecule has 4 rings (SSSR count). The van der Waals surface area contributed by atoms with Gasteiger partial charge in [0, 0.05) is 41.8 Å². The number of hydrogen-bond acceptors (Lipinski definition) is 4. The molecule has 0 saturated carbocycles. The monoisotopic (exact) mass is 561 g/mol. The van der Waals surface area contributed by atoms with E-state index in [2.05, 4.69) is 5.10 Å². The molecule has 1 aliphatic heterocycles. The molecule has 1 heterocycles. The first kappa shape index (κ1) is 28.3. The minimum Gasteiger partial charge on any atom is -0.383 e. The van der Waals surface area contributed by atoms with E-state index < -0.39 is 42.0 Å². The number of carbonyl (C=O) groups excluding carboxylic acids is 2. The molecule has 0 unspecified atom stereocenters. The summed E-state index contributed by atoms with van der Waals surface area (Å²) in [6.45, 7) is -0.403. The van der Waals surface area contributed by atoms with E-state index in [1.54, 1.807) is 36.4 Å². The van der Waals surface area contributed by atoms with Gasteiger partial charge in [0.05, 0.1) is 23.9 Å². The summed E-state index contributed by atoms with van der Waals surface area (Å²) in [4.78, 5) is 27.9. The lowest BCUT2D eigenvalue weighted by atomic mass is 9.98. The van der Waals surface area contributed by atoms with Gasteiger partial charge in [-0.25, -0.2) is 9.40 Å². The Morgan fingerprint density at radius 3 is 2.36 bits per heavy atom. The molecule has 3 aromatic carbocycles. The van der Waals surface area contributed by atoms with Gasteiger partial charge < -0.3 is 9.64 Å². The number of alkyl halides is 3. The van der Waals surface area contributed by atoms with Crippen LogP contribution in [0.2, 0.25) is 5.02 Å². The van der Waals surface area contributed by atoms with Crippen molar-refractivity contribution in [2.75, 3.05) is 26.8 Å². The van der Waals surface area contributed by atoms with Crippen LogP contribution in [0.1, 0.15) is 39.5 Å². The van der Waals surface area contributed by atoms with E-state index >= 15 is 0 Å². The standard InChI is InChI=1S/C28H24ClF4N3O3/c1-39-15-14-35(27(38)18-10-12-19(13-11-18)28(31,32)33)17-26(37)36-25(21-7-3-5-9-23(21)30)16-24(34-36)20-6-2-4-8-22(20)29/h2-13,25H,14-17H2,1H3/t25-/m0/s1. The molecule has 1 atom stereocenters. The fourth-order valence-corrected chi connectivity index (χ4v) is 4.50. The van der Waals surface area contributed by atoms with Gasteiger partial charge in [0.25, 0.3) is 11.8 Å². The Hall–Kier alpha value is -3.76. The lowest BCUT2D eigenvalue weighted by Crippen LogP contribution is -2.42. The Balaban J connectivity index is 1.64. The van der Waals surface area contributed by atoms with Gasteiger partial charge in [0.2, 0.25) is 0 Å². The minimum absolute atomic E-state index is 0.0125. The van der Waals surface area contributed by atoms with Gasteiger partial charge in [-0.3, -0.25) is 9.59 Å². The highest BCUT2D eigenvalue weighted by atomic mass is 35.5. The SMILES string of the molecule is COCCN(CC(=O)N1N=C(c2ccccc2Cl)C[C@H]1c1ccccc1F)C(=O)c1ccc(C(F)(F)F)cc1. The predicted molar refractivity (Wildman–Crippen MR) is 138 cm³/mol. The van der Waals surface area contributed by atoms with Crippen molar-refractivity contribution in [3.63, 3.8) is 0 Å². The molecule has 6 nitrogen and oxygen atoms in total. The second-order valence-corrected chi connectivity index (χ2v) is 9.21. The first-order valence-corrected chi connectivity index (χ1v) is 12.3. The molecule has 1 aliphatic rings. The van der Waals surface area contributed by atoms with Crippen LogP contribution in [0.25, 0.3) is 0 Å². The van der Waals surface area contributed by atoms with E-state index in [1.165, 1.54) is 19.2 Å². The van der Waals surface area contributed by atoms with Crippen molar-refractivity contribution in [1.29, 1.82) is 0 Å². The van der Waals surface area contributed by atoms with E-state index in [-0.39, 0.29) is 30.7 Å². The lowest BCUT2D eigenvalue weighted by molar-refractivity contribution is -0.137. The zero-order chi connectivity index (χ0) is 28.2. The van der Waals surface area contributed by atoms with Crippen LogP contribution >= 0.6 is 11.6 Å². The van der Waals surface area contributed by atoms with Crippen molar-refractivity contribution in [2.45, 2.75) is 18.6 Å². The Kier molecular flexibility index (Phi) is 8.66. The average Bonchev–Trinajstić information content (AvgIpc) is 3.36. The smallest absolute Gasteiger partial charge is 0.383 e. The summed E-state index contributed by atoms with van der Waals surface area (Å²) in [6.07, 6.45) is -4.37. The molecule has 204 valence electrons. The molecule has 0 aromatic heterocycles. The summed E-state index contributed by atoms with van der Waals surface area (Å²) in [5.41, 5.74) is 0.380. The third-order valence-electron chi connectivity index (χ3n) is 6.25. The summed E-state index contributed by atoms with van der Waals surface area (Å²) in [5.74, 6) is -1.79. The fraction of sp³-hybridized carbons (Fsp3) is 0.250. The number of hydrazone groups is 1. The number of nitrogens with zero attached hydrogens (tertiary/aromatic N) is 3.